The minimum atomic E-state index is -0.619. The molecule has 7 nitrogen and oxygen atoms in total. The number of amides is 3. The Morgan fingerprint density at radius 2 is 1.51 bits per heavy atom. The quantitative estimate of drug-likeness (QED) is 0.256. The van der Waals surface area contributed by atoms with Crippen molar-refractivity contribution in [3.8, 4) is 5.75 Å². The molecule has 8 heteroatoms. The summed E-state index contributed by atoms with van der Waals surface area (Å²) in [6, 6.07) is 30.1. The Kier molecular flexibility index (Phi) is 8.22. The third-order valence-electron chi connectivity index (χ3n) is 5.49. The van der Waals surface area contributed by atoms with Crippen LogP contribution in [0.4, 0.5) is 11.4 Å². The summed E-state index contributed by atoms with van der Waals surface area (Å²) in [7, 11) is 1.55. The zero-order valence-electron chi connectivity index (χ0n) is 20.0. The van der Waals surface area contributed by atoms with Crippen molar-refractivity contribution < 1.29 is 19.1 Å². The monoisotopic (exact) mass is 511 g/mol. The lowest BCUT2D eigenvalue weighted by Crippen LogP contribution is -2.22. The van der Waals surface area contributed by atoms with E-state index in [0.717, 1.165) is 10.5 Å². The van der Waals surface area contributed by atoms with Crippen LogP contribution >= 0.6 is 11.8 Å². The van der Waals surface area contributed by atoms with Gasteiger partial charge in [0, 0.05) is 16.1 Å². The molecular formula is C29H25N3O4S. The van der Waals surface area contributed by atoms with Crippen molar-refractivity contribution in [1.29, 1.82) is 0 Å². The third-order valence-corrected chi connectivity index (χ3v) is 6.76. The van der Waals surface area contributed by atoms with E-state index < -0.39 is 11.2 Å². The molecule has 3 amide bonds. The number of hydrogen-bond donors (Lipinski definition) is 3. The second-order valence-corrected chi connectivity index (χ2v) is 9.20. The molecule has 1 atom stereocenters. The van der Waals surface area contributed by atoms with Crippen LogP contribution in [-0.4, -0.2) is 24.8 Å². The molecule has 0 saturated heterocycles. The van der Waals surface area contributed by atoms with E-state index >= 15 is 0 Å². The van der Waals surface area contributed by atoms with Crippen LogP contribution in [-0.2, 0) is 4.79 Å². The number of rotatable bonds is 9. The van der Waals surface area contributed by atoms with E-state index in [0.29, 0.717) is 22.7 Å². The van der Waals surface area contributed by atoms with Crippen molar-refractivity contribution in [2.45, 2.75) is 10.1 Å². The van der Waals surface area contributed by atoms with Gasteiger partial charge in [-0.1, -0.05) is 48.5 Å². The number of nitrogens with two attached hydrogens (primary N) is 1. The van der Waals surface area contributed by atoms with E-state index in [-0.39, 0.29) is 17.4 Å². The molecular weight excluding hydrogens is 486 g/mol. The molecule has 4 N–H and O–H groups in total. The summed E-state index contributed by atoms with van der Waals surface area (Å²) in [6.45, 7) is 0. The highest BCUT2D eigenvalue weighted by Gasteiger charge is 2.23. The highest BCUT2D eigenvalue weighted by atomic mass is 32.2. The number of hydrogen-bond acceptors (Lipinski definition) is 5. The van der Waals surface area contributed by atoms with Gasteiger partial charge in [-0.25, -0.2) is 0 Å². The van der Waals surface area contributed by atoms with Gasteiger partial charge >= 0.3 is 0 Å². The summed E-state index contributed by atoms with van der Waals surface area (Å²) >= 11 is 1.35. The van der Waals surface area contributed by atoms with E-state index in [4.69, 9.17) is 10.5 Å². The van der Waals surface area contributed by atoms with Crippen LogP contribution in [0.25, 0.3) is 0 Å². The Morgan fingerprint density at radius 1 is 0.811 bits per heavy atom. The molecule has 0 fully saturated rings. The average molecular weight is 512 g/mol. The minimum absolute atomic E-state index is 0.240. The molecule has 0 spiro atoms. The first kappa shape index (κ1) is 25.5. The van der Waals surface area contributed by atoms with E-state index in [1.54, 1.807) is 67.8 Å². The topological polar surface area (TPSA) is 111 Å². The average Bonchev–Trinajstić information content (AvgIpc) is 2.93. The van der Waals surface area contributed by atoms with Crippen LogP contribution in [0.15, 0.2) is 108 Å². The first-order valence-corrected chi connectivity index (χ1v) is 12.3. The van der Waals surface area contributed by atoms with Crippen LogP contribution in [0.1, 0.15) is 31.5 Å². The highest BCUT2D eigenvalue weighted by molar-refractivity contribution is 8.00. The molecule has 4 aromatic rings. The second kappa shape index (κ2) is 11.9. The predicted octanol–water partition coefficient (Wildman–Crippen LogP) is 5.52. The van der Waals surface area contributed by atoms with Crippen molar-refractivity contribution >= 4 is 40.9 Å². The number of nitrogens with one attached hydrogen (secondary N) is 2. The van der Waals surface area contributed by atoms with Crippen LogP contribution in [0.2, 0.25) is 0 Å². The van der Waals surface area contributed by atoms with Gasteiger partial charge in [-0.05, 0) is 60.2 Å². The first-order chi connectivity index (χ1) is 17.9. The van der Waals surface area contributed by atoms with Crippen molar-refractivity contribution in [2.75, 3.05) is 17.7 Å². The number of ether oxygens (including phenoxy) is 1. The Labute approximate surface area is 219 Å². The van der Waals surface area contributed by atoms with Crippen LogP contribution in [0.5, 0.6) is 5.75 Å². The Morgan fingerprint density at radius 3 is 2.22 bits per heavy atom. The van der Waals surface area contributed by atoms with Crippen LogP contribution in [0.3, 0.4) is 0 Å². The van der Waals surface area contributed by atoms with Gasteiger partial charge in [0.15, 0.2) is 0 Å². The van der Waals surface area contributed by atoms with E-state index in [2.05, 4.69) is 10.6 Å². The second-order valence-electron chi connectivity index (χ2n) is 8.02. The van der Waals surface area contributed by atoms with Gasteiger partial charge in [0.2, 0.25) is 5.91 Å². The number of carbonyl (C=O) groups excluding carboxylic acids is 3. The van der Waals surface area contributed by atoms with E-state index in [1.165, 1.54) is 11.8 Å². The number of anilines is 2. The number of carbonyl (C=O) groups is 3. The largest absolute Gasteiger partial charge is 0.497 e. The fourth-order valence-electron chi connectivity index (χ4n) is 3.63. The van der Waals surface area contributed by atoms with E-state index in [1.807, 2.05) is 42.5 Å². The van der Waals surface area contributed by atoms with Crippen LogP contribution < -0.4 is 21.1 Å². The number of benzene rings is 4. The van der Waals surface area contributed by atoms with Gasteiger partial charge in [0.25, 0.3) is 11.8 Å². The fourth-order valence-corrected chi connectivity index (χ4v) is 4.65. The van der Waals surface area contributed by atoms with Gasteiger partial charge in [0.05, 0.1) is 18.4 Å². The Bertz CT molecular complexity index is 1410. The maximum Gasteiger partial charge on any atom is 0.255 e. The van der Waals surface area contributed by atoms with Crippen molar-refractivity contribution in [3.63, 3.8) is 0 Å². The maximum atomic E-state index is 13.4. The summed E-state index contributed by atoms with van der Waals surface area (Å²) in [5.41, 5.74) is 7.97. The molecule has 37 heavy (non-hydrogen) atoms. The molecule has 186 valence electrons. The molecule has 4 rings (SSSR count). The zero-order chi connectivity index (χ0) is 26.2. The van der Waals surface area contributed by atoms with Gasteiger partial charge in [-0.3, -0.25) is 14.4 Å². The lowest BCUT2D eigenvalue weighted by atomic mass is 10.1. The van der Waals surface area contributed by atoms with Gasteiger partial charge in [0.1, 0.15) is 11.0 Å². The summed E-state index contributed by atoms with van der Waals surface area (Å²) in [4.78, 5) is 38.6. The summed E-state index contributed by atoms with van der Waals surface area (Å²) in [5.74, 6) is -0.566. The van der Waals surface area contributed by atoms with E-state index in [9.17, 15) is 14.4 Å². The third kappa shape index (κ3) is 6.56. The molecule has 4 aromatic carbocycles. The fraction of sp³-hybridized carbons (Fsp3) is 0.0690. The standard InChI is InChI=1S/C29H25N3O4S/c1-36-22-11-7-10-20(18-22)28(34)31-21-14-16-23(17-15-21)37-26(19-8-3-2-4-9-19)29(35)32-25-13-6-5-12-24(25)27(30)33/h2-18,26H,1H3,(H2,30,33)(H,31,34)(H,32,35). The molecule has 0 bridgehead atoms. The number of methoxy groups -OCH3 is 1. The summed E-state index contributed by atoms with van der Waals surface area (Å²) in [5, 5.41) is 5.12. The van der Waals surface area contributed by atoms with Crippen molar-refractivity contribution in [1.82, 2.24) is 0 Å². The summed E-state index contributed by atoms with van der Waals surface area (Å²) in [6.07, 6.45) is 0. The number of para-hydroxylation sites is 1. The molecule has 0 heterocycles. The molecule has 0 aliphatic carbocycles. The molecule has 0 aromatic heterocycles. The lowest BCUT2D eigenvalue weighted by Gasteiger charge is -2.18. The Hall–Kier alpha value is -4.56. The van der Waals surface area contributed by atoms with Crippen molar-refractivity contribution in [2.24, 2.45) is 5.73 Å². The maximum absolute atomic E-state index is 13.4. The highest BCUT2D eigenvalue weighted by Crippen LogP contribution is 2.37. The van der Waals surface area contributed by atoms with Gasteiger partial charge < -0.3 is 21.1 Å². The number of thioether (sulfide) groups is 1. The first-order valence-electron chi connectivity index (χ1n) is 11.4. The van der Waals surface area contributed by atoms with Crippen molar-refractivity contribution in [3.05, 3.63) is 120 Å². The molecule has 1 unspecified atom stereocenters. The minimum Gasteiger partial charge on any atom is -0.497 e. The SMILES string of the molecule is COc1cccc(C(=O)Nc2ccc(SC(C(=O)Nc3ccccc3C(N)=O)c3ccccc3)cc2)c1. The van der Waals surface area contributed by atoms with Crippen LogP contribution in [0, 0.1) is 0 Å². The predicted molar refractivity (Wildman–Crippen MR) is 146 cm³/mol. The Balaban J connectivity index is 1.51. The van der Waals surface area contributed by atoms with Gasteiger partial charge in [-0.15, -0.1) is 11.8 Å². The zero-order valence-corrected chi connectivity index (χ0v) is 20.8. The molecule has 0 radical (unpaired) electrons. The smallest absolute Gasteiger partial charge is 0.255 e. The lowest BCUT2D eigenvalue weighted by molar-refractivity contribution is -0.115. The molecule has 0 aliphatic rings. The molecule has 0 aliphatic heterocycles. The summed E-state index contributed by atoms with van der Waals surface area (Å²) < 4.78 is 5.18. The normalized spacial score (nSPS) is 11.3. The van der Waals surface area contributed by atoms with Gasteiger partial charge in [-0.2, -0.15) is 0 Å². The molecule has 0 saturated carbocycles. The number of primary amides is 1.